The average Bonchev–Trinajstić information content (AvgIpc) is 2.75. The summed E-state index contributed by atoms with van der Waals surface area (Å²) in [7, 11) is 1.61. The minimum atomic E-state index is 0.560. The SMILES string of the molecule is C=C(NN)c1ncc(OC)c2cc[nH]c12. The Labute approximate surface area is 86.9 Å². The summed E-state index contributed by atoms with van der Waals surface area (Å²) in [6.45, 7) is 3.77. The third-order valence-electron chi connectivity index (χ3n) is 2.24. The predicted octanol–water partition coefficient (Wildman–Crippen LogP) is 1.01. The van der Waals surface area contributed by atoms with Gasteiger partial charge in [-0.3, -0.25) is 5.84 Å². The van der Waals surface area contributed by atoms with Crippen molar-refractivity contribution in [2.75, 3.05) is 7.11 Å². The van der Waals surface area contributed by atoms with Crippen molar-refractivity contribution in [2.24, 2.45) is 5.84 Å². The number of aromatic amines is 1. The summed E-state index contributed by atoms with van der Waals surface area (Å²) in [5.74, 6) is 6.02. The molecule has 2 aromatic rings. The number of methoxy groups -OCH3 is 1. The molecule has 0 saturated carbocycles. The second-order valence-corrected chi connectivity index (χ2v) is 3.06. The van der Waals surface area contributed by atoms with Gasteiger partial charge >= 0.3 is 0 Å². The molecule has 2 rings (SSSR count). The zero-order chi connectivity index (χ0) is 10.8. The van der Waals surface area contributed by atoms with Gasteiger partial charge in [-0.2, -0.15) is 0 Å². The van der Waals surface area contributed by atoms with E-state index in [2.05, 4.69) is 22.0 Å². The van der Waals surface area contributed by atoms with Gasteiger partial charge in [0, 0.05) is 11.6 Å². The molecule has 0 aliphatic carbocycles. The van der Waals surface area contributed by atoms with Crippen molar-refractivity contribution in [3.05, 3.63) is 30.7 Å². The molecule has 4 N–H and O–H groups in total. The van der Waals surface area contributed by atoms with E-state index < -0.39 is 0 Å². The van der Waals surface area contributed by atoms with Gasteiger partial charge < -0.3 is 15.1 Å². The number of aromatic nitrogens is 2. The number of rotatable bonds is 3. The van der Waals surface area contributed by atoms with Gasteiger partial charge in [0.25, 0.3) is 0 Å². The lowest BCUT2D eigenvalue weighted by atomic mass is 10.2. The zero-order valence-electron chi connectivity index (χ0n) is 8.37. The molecular formula is C10H12N4O. The van der Waals surface area contributed by atoms with E-state index in [4.69, 9.17) is 10.6 Å². The summed E-state index contributed by atoms with van der Waals surface area (Å²) in [5, 5.41) is 0.957. The summed E-state index contributed by atoms with van der Waals surface area (Å²) in [6, 6.07) is 1.92. The van der Waals surface area contributed by atoms with Gasteiger partial charge in [0.1, 0.15) is 11.4 Å². The van der Waals surface area contributed by atoms with Crippen molar-refractivity contribution >= 4 is 16.6 Å². The van der Waals surface area contributed by atoms with Crippen molar-refractivity contribution in [1.82, 2.24) is 15.4 Å². The van der Waals surface area contributed by atoms with Crippen molar-refractivity contribution < 1.29 is 4.74 Å². The first-order valence-electron chi connectivity index (χ1n) is 4.44. The van der Waals surface area contributed by atoms with Crippen LogP contribution < -0.4 is 16.0 Å². The minimum Gasteiger partial charge on any atom is -0.494 e. The minimum absolute atomic E-state index is 0.560. The van der Waals surface area contributed by atoms with E-state index in [1.165, 1.54) is 0 Å². The first-order valence-corrected chi connectivity index (χ1v) is 4.44. The first kappa shape index (κ1) is 9.54. The fourth-order valence-electron chi connectivity index (χ4n) is 1.49. The molecule has 0 bridgehead atoms. The van der Waals surface area contributed by atoms with Crippen LogP contribution in [0.3, 0.4) is 0 Å². The Kier molecular flexibility index (Phi) is 2.31. The topological polar surface area (TPSA) is 76.0 Å². The second-order valence-electron chi connectivity index (χ2n) is 3.06. The molecule has 78 valence electrons. The number of hydrazine groups is 1. The lowest BCUT2D eigenvalue weighted by molar-refractivity contribution is 0.418. The van der Waals surface area contributed by atoms with Crippen LogP contribution in [0.4, 0.5) is 0 Å². The number of nitrogens with two attached hydrogens (primary N) is 1. The van der Waals surface area contributed by atoms with Crippen LogP contribution in [0.5, 0.6) is 5.75 Å². The summed E-state index contributed by atoms with van der Waals surface area (Å²) in [6.07, 6.45) is 3.47. The van der Waals surface area contributed by atoms with E-state index in [0.29, 0.717) is 11.4 Å². The number of nitrogens with one attached hydrogen (secondary N) is 2. The lowest BCUT2D eigenvalue weighted by Crippen LogP contribution is -2.19. The number of fused-ring (bicyclic) bond motifs is 1. The molecule has 0 aliphatic rings. The Hall–Kier alpha value is -2.01. The highest BCUT2D eigenvalue weighted by Gasteiger charge is 2.10. The summed E-state index contributed by atoms with van der Waals surface area (Å²) in [4.78, 5) is 7.30. The molecule has 2 aromatic heterocycles. The van der Waals surface area contributed by atoms with E-state index in [0.717, 1.165) is 16.7 Å². The molecule has 0 spiro atoms. The molecule has 5 nitrogen and oxygen atoms in total. The van der Waals surface area contributed by atoms with Gasteiger partial charge in [-0.15, -0.1) is 0 Å². The van der Waals surface area contributed by atoms with Crippen LogP contribution in [0.15, 0.2) is 25.0 Å². The highest BCUT2D eigenvalue weighted by Crippen LogP contribution is 2.27. The van der Waals surface area contributed by atoms with Gasteiger partial charge in [-0.1, -0.05) is 6.58 Å². The van der Waals surface area contributed by atoms with Crippen LogP contribution in [-0.2, 0) is 0 Å². The lowest BCUT2D eigenvalue weighted by Gasteiger charge is -2.07. The van der Waals surface area contributed by atoms with E-state index >= 15 is 0 Å². The van der Waals surface area contributed by atoms with Crippen LogP contribution in [0, 0.1) is 0 Å². The van der Waals surface area contributed by atoms with Gasteiger partial charge in [-0.25, -0.2) is 4.98 Å². The second kappa shape index (κ2) is 3.62. The van der Waals surface area contributed by atoms with E-state index in [-0.39, 0.29) is 0 Å². The van der Waals surface area contributed by atoms with Gasteiger partial charge in [-0.05, 0) is 6.07 Å². The first-order chi connectivity index (χ1) is 7.27. The molecule has 2 heterocycles. The molecule has 0 aliphatic heterocycles. The number of hydrogen-bond acceptors (Lipinski definition) is 4. The van der Waals surface area contributed by atoms with Crippen LogP contribution in [-0.4, -0.2) is 17.1 Å². The summed E-state index contributed by atoms with van der Waals surface area (Å²) in [5.41, 5.74) is 4.59. The van der Waals surface area contributed by atoms with Crippen LogP contribution >= 0.6 is 0 Å². The van der Waals surface area contributed by atoms with E-state index in [9.17, 15) is 0 Å². The maximum Gasteiger partial charge on any atom is 0.146 e. The maximum atomic E-state index is 5.30. The number of pyridine rings is 1. The Morgan fingerprint density at radius 1 is 1.67 bits per heavy atom. The van der Waals surface area contributed by atoms with Crippen molar-refractivity contribution in [2.45, 2.75) is 0 Å². The van der Waals surface area contributed by atoms with Crippen molar-refractivity contribution in [1.29, 1.82) is 0 Å². The van der Waals surface area contributed by atoms with Crippen LogP contribution in [0.2, 0.25) is 0 Å². The molecule has 0 unspecified atom stereocenters. The van der Waals surface area contributed by atoms with Gasteiger partial charge in [0.15, 0.2) is 0 Å². The number of ether oxygens (including phenoxy) is 1. The normalized spacial score (nSPS) is 10.3. The van der Waals surface area contributed by atoms with Crippen molar-refractivity contribution in [3.63, 3.8) is 0 Å². The third-order valence-corrected chi connectivity index (χ3v) is 2.24. The highest BCUT2D eigenvalue weighted by molar-refractivity contribution is 5.92. The van der Waals surface area contributed by atoms with E-state index in [1.807, 2.05) is 12.3 Å². The predicted molar refractivity (Wildman–Crippen MR) is 59.0 cm³/mol. The fourth-order valence-corrected chi connectivity index (χ4v) is 1.49. The Morgan fingerprint density at radius 3 is 3.13 bits per heavy atom. The largest absolute Gasteiger partial charge is 0.494 e. The maximum absolute atomic E-state index is 5.30. The highest BCUT2D eigenvalue weighted by atomic mass is 16.5. The van der Waals surface area contributed by atoms with Crippen LogP contribution in [0.1, 0.15) is 5.69 Å². The Bertz CT molecular complexity index is 503. The fraction of sp³-hybridized carbons (Fsp3) is 0.100. The Morgan fingerprint density at radius 2 is 2.47 bits per heavy atom. The molecule has 5 heteroatoms. The van der Waals surface area contributed by atoms with Gasteiger partial charge in [0.05, 0.1) is 24.5 Å². The number of nitrogens with zero attached hydrogens (tertiary/aromatic N) is 1. The monoisotopic (exact) mass is 204 g/mol. The average molecular weight is 204 g/mol. The summed E-state index contributed by atoms with van der Waals surface area (Å²) >= 11 is 0. The molecule has 0 fully saturated rings. The van der Waals surface area contributed by atoms with Crippen LogP contribution in [0.25, 0.3) is 16.6 Å². The Balaban J connectivity index is 2.68. The van der Waals surface area contributed by atoms with Crippen molar-refractivity contribution in [3.8, 4) is 5.75 Å². The molecule has 0 atom stereocenters. The zero-order valence-corrected chi connectivity index (χ0v) is 8.37. The number of H-pyrrole nitrogens is 1. The molecular weight excluding hydrogens is 192 g/mol. The summed E-state index contributed by atoms with van der Waals surface area (Å²) < 4.78 is 5.19. The smallest absolute Gasteiger partial charge is 0.146 e. The van der Waals surface area contributed by atoms with E-state index in [1.54, 1.807) is 13.3 Å². The standard InChI is InChI=1S/C10H12N4O/c1-6(14-11)9-10-7(3-4-12-10)8(15-2)5-13-9/h3-5,12,14H,1,11H2,2H3. The quantitative estimate of drug-likeness (QED) is 0.515. The molecule has 0 saturated heterocycles. The molecule has 0 radical (unpaired) electrons. The number of hydrogen-bond donors (Lipinski definition) is 3. The molecule has 0 amide bonds. The molecule has 15 heavy (non-hydrogen) atoms. The molecule has 0 aromatic carbocycles. The van der Waals surface area contributed by atoms with Gasteiger partial charge in [0.2, 0.25) is 0 Å². The third kappa shape index (κ3) is 1.42.